The summed E-state index contributed by atoms with van der Waals surface area (Å²) in [5, 5.41) is 13.8. The first-order chi connectivity index (χ1) is 60.4. The van der Waals surface area contributed by atoms with Gasteiger partial charge in [0.2, 0.25) is 0 Å². The van der Waals surface area contributed by atoms with Gasteiger partial charge in [-0.25, -0.2) is 0 Å². The first kappa shape index (κ1) is 78.8. The number of hydrogen-bond donors (Lipinski definition) is 0. The average Bonchev–Trinajstić information content (AvgIpc) is 1.10. The molecule has 0 spiro atoms. The van der Waals surface area contributed by atoms with Gasteiger partial charge in [0, 0.05) is 67.3 Å². The molecule has 3 aromatic heterocycles. The molecule has 0 atom stereocenters. The molecule has 0 saturated heterocycles. The van der Waals surface area contributed by atoms with Crippen molar-refractivity contribution < 1.29 is 28.2 Å². The number of benzene rings is 19. The monoisotopic (exact) mass is 1600 g/mol. The van der Waals surface area contributed by atoms with Crippen LogP contribution in [0.25, 0.3) is 163 Å². The molecule has 124 heavy (non-hydrogen) atoms. The van der Waals surface area contributed by atoms with Crippen molar-refractivity contribution in [2.24, 2.45) is 0 Å². The van der Waals surface area contributed by atoms with Gasteiger partial charge in [0.25, 0.3) is 12.2 Å². The number of anilines is 6. The Hall–Kier alpha value is -15.0. The van der Waals surface area contributed by atoms with Gasteiger partial charge in [-0.3, -0.25) is 4.98 Å². The van der Waals surface area contributed by atoms with Gasteiger partial charge < -0.3 is 22.0 Å². The van der Waals surface area contributed by atoms with Gasteiger partial charge in [-0.1, -0.05) is 327 Å². The number of aryl methyl sites for hydroxylation is 1. The quantitative estimate of drug-likeness (QED) is 0.0470. The SMILES string of the molecule is Cc1ccc(N(c2ccc(-c3ccccc3)cc2)c2ccc(-c3ccc(N(c4ccc(-c5ccccc5)cc4)c4ccc(-c5ccccc5)cc4-c4ccccc4)cc3)cc2)cc1.[CH3-].[Li+].c1cc2c3c(c1)ccc[n+]3CO2.c1ccc2cc(-c3c4ccccc4c(-c4ccc5ccccc5c4)c4cc(-c5nccc6c5sc5ccccc56)ccc34)ccc2c1. The Morgan fingerprint density at radius 3 is 1.23 bits per heavy atom. The molecule has 5 nitrogen and oxygen atoms in total. The zero-order chi connectivity index (χ0) is 81.2. The van der Waals surface area contributed by atoms with Crippen LogP contribution in [-0.4, -0.2) is 4.98 Å². The Morgan fingerprint density at radius 2 is 0.694 bits per heavy atom. The summed E-state index contributed by atoms with van der Waals surface area (Å²) in [6, 6.07) is 162. The van der Waals surface area contributed by atoms with Gasteiger partial charge in [0.05, 0.1) is 21.5 Å². The van der Waals surface area contributed by atoms with Crippen LogP contribution in [0.5, 0.6) is 5.75 Å². The molecule has 19 aromatic carbocycles. The summed E-state index contributed by atoms with van der Waals surface area (Å²) < 4.78 is 10.1. The molecule has 1 aliphatic rings. The predicted molar refractivity (Wildman–Crippen MR) is 522 cm³/mol. The zero-order valence-corrected chi connectivity index (χ0v) is 70.0. The third-order valence-corrected chi connectivity index (χ3v) is 24.9. The molecule has 0 radical (unpaired) electrons. The Balaban J connectivity index is 0.000000144. The van der Waals surface area contributed by atoms with Gasteiger partial charge in [-0.15, -0.1) is 11.3 Å². The Kier molecular flexibility index (Phi) is 22.2. The standard InChI is InChI=1S/C61H46N2.C45H27NS.C10H8NO.CH3.Li/c1-45-22-33-55(34-23-45)62(56-35-24-49(25-36-56)46-14-6-2-7-15-46)57-37-26-51(27-38-57)52-30-41-59(42-31-52)63(58-39-28-50(29-40-58)47-16-8-3-9-17-47)61-43-32-54(48-18-10-4-11-19-48)44-60(61)53-20-12-5-13-21-53;1-3-11-30-25-32(19-17-28(30)9-1)42-36-14-5-6-15-37(36)43(33-20-18-29-10-2-4-12-31(29)26-33)40-27-34(21-22-38(40)42)44-45-39(23-24-46-44)35-13-7-8-16-41(35)47-45;1-3-8-4-2-6-11-7-12-9(5-1)10(8)11;;/h2-44H,1H3;1-27H;1-6H,7H2;1H3;/q;;+1;-1;+1. The van der Waals surface area contributed by atoms with Crippen molar-refractivity contribution in [3.63, 3.8) is 0 Å². The molecule has 4 heterocycles. The Bertz CT molecular complexity index is 7560. The zero-order valence-electron chi connectivity index (χ0n) is 69.2. The molecule has 23 rings (SSSR count). The maximum absolute atomic E-state index is 5.48. The third-order valence-electron chi connectivity index (χ3n) is 23.7. The number of pyridine rings is 2. The van der Waals surface area contributed by atoms with E-state index in [4.69, 9.17) is 9.72 Å². The molecule has 0 aliphatic carbocycles. The van der Waals surface area contributed by atoms with E-state index in [9.17, 15) is 0 Å². The largest absolute Gasteiger partial charge is 1.00 e. The number of rotatable bonds is 14. The number of hydrogen-bond acceptors (Lipinski definition) is 5. The predicted octanol–water partition coefficient (Wildman–Crippen LogP) is 29.3. The number of fused-ring (bicyclic) bond motifs is 7. The number of ether oxygens (including phenoxy) is 1. The van der Waals surface area contributed by atoms with Gasteiger partial charge in [-0.2, -0.15) is 4.57 Å². The average molecular weight is 1600 g/mol. The maximum atomic E-state index is 5.48. The van der Waals surface area contributed by atoms with Crippen molar-refractivity contribution in [3.8, 4) is 94.9 Å². The second-order valence-corrected chi connectivity index (χ2v) is 32.2. The van der Waals surface area contributed by atoms with Crippen LogP contribution in [-0.2, 0) is 6.73 Å². The summed E-state index contributed by atoms with van der Waals surface area (Å²) >= 11 is 1.83. The molecule has 1 aliphatic heterocycles. The van der Waals surface area contributed by atoms with E-state index in [0.717, 1.165) is 67.8 Å². The fourth-order valence-electron chi connectivity index (χ4n) is 17.6. The van der Waals surface area contributed by atoms with Crippen LogP contribution in [0.4, 0.5) is 34.1 Å². The minimum absolute atomic E-state index is 0. The van der Waals surface area contributed by atoms with E-state index in [1.807, 2.05) is 41.9 Å². The molecule has 0 bridgehead atoms. The van der Waals surface area contributed by atoms with Crippen LogP contribution >= 0.6 is 11.3 Å². The van der Waals surface area contributed by atoms with E-state index in [1.165, 1.54) is 141 Å². The van der Waals surface area contributed by atoms with Crippen molar-refractivity contribution in [2.45, 2.75) is 13.7 Å². The van der Waals surface area contributed by atoms with Crippen molar-refractivity contribution in [2.75, 3.05) is 9.80 Å². The molecular formula is C117H84LiN4OS+. The fraction of sp³-hybridized carbons (Fsp3) is 0.0171. The molecule has 584 valence electrons. The molecule has 0 saturated carbocycles. The molecule has 0 amide bonds. The first-order valence-electron chi connectivity index (χ1n) is 41.6. The van der Waals surface area contributed by atoms with Crippen molar-refractivity contribution in [1.82, 2.24) is 4.98 Å². The van der Waals surface area contributed by atoms with Crippen molar-refractivity contribution in [1.29, 1.82) is 0 Å². The number of thiophene rings is 1. The third kappa shape index (κ3) is 15.6. The van der Waals surface area contributed by atoms with Gasteiger partial charge in [0.15, 0.2) is 11.9 Å². The minimum atomic E-state index is 0. The Labute approximate surface area is 739 Å². The summed E-state index contributed by atoms with van der Waals surface area (Å²) in [6.07, 6.45) is 4.00. The van der Waals surface area contributed by atoms with E-state index >= 15 is 0 Å². The second-order valence-electron chi connectivity index (χ2n) is 31.1. The second kappa shape index (κ2) is 35.0. The summed E-state index contributed by atoms with van der Waals surface area (Å²) in [7, 11) is 0. The van der Waals surface area contributed by atoms with Crippen LogP contribution in [0, 0.1) is 14.4 Å². The first-order valence-corrected chi connectivity index (χ1v) is 42.4. The van der Waals surface area contributed by atoms with Gasteiger partial charge in [0.1, 0.15) is 0 Å². The summed E-state index contributed by atoms with van der Waals surface area (Å²) in [6.45, 7) is 2.78. The van der Waals surface area contributed by atoms with E-state index in [-0.39, 0.29) is 26.3 Å². The normalized spacial score (nSPS) is 11.3. The Morgan fingerprint density at radius 1 is 0.290 bits per heavy atom. The maximum Gasteiger partial charge on any atom is 1.00 e. The van der Waals surface area contributed by atoms with Crippen LogP contribution in [0.2, 0.25) is 0 Å². The summed E-state index contributed by atoms with van der Waals surface area (Å²) in [5.41, 5.74) is 28.0. The van der Waals surface area contributed by atoms with Crippen LogP contribution in [0.1, 0.15) is 5.56 Å². The molecule has 22 aromatic rings. The van der Waals surface area contributed by atoms with Gasteiger partial charge >= 0.3 is 18.9 Å². The number of aromatic nitrogens is 2. The van der Waals surface area contributed by atoms with E-state index < -0.39 is 0 Å². The minimum Gasteiger partial charge on any atom is -0.429 e. The van der Waals surface area contributed by atoms with Gasteiger partial charge in [-0.05, 0) is 244 Å². The molecular weight excluding hydrogens is 1520 g/mol. The van der Waals surface area contributed by atoms with Crippen LogP contribution in [0.15, 0.2) is 461 Å². The fourth-order valence-corrected chi connectivity index (χ4v) is 18.8. The van der Waals surface area contributed by atoms with Crippen molar-refractivity contribution >= 4 is 120 Å². The number of nitrogens with zero attached hydrogens (tertiary/aromatic N) is 4. The molecule has 7 heteroatoms. The summed E-state index contributed by atoms with van der Waals surface area (Å²) in [5.74, 6) is 0.994. The molecule has 0 N–H and O–H groups in total. The van der Waals surface area contributed by atoms with Crippen LogP contribution < -0.4 is 38.0 Å². The van der Waals surface area contributed by atoms with Crippen LogP contribution in [0.3, 0.4) is 0 Å². The van der Waals surface area contributed by atoms with E-state index in [1.54, 1.807) is 0 Å². The van der Waals surface area contributed by atoms with Crippen molar-refractivity contribution in [3.05, 3.63) is 474 Å². The van der Waals surface area contributed by atoms with E-state index in [2.05, 4.69) is 452 Å². The molecule has 0 fully saturated rings. The summed E-state index contributed by atoms with van der Waals surface area (Å²) in [4.78, 5) is 9.73. The number of para-hydroxylation sites is 1. The van der Waals surface area contributed by atoms with E-state index in [0.29, 0.717) is 6.73 Å². The molecule has 0 unspecified atom stereocenters. The smallest absolute Gasteiger partial charge is 0.429 e. The topological polar surface area (TPSA) is 32.5 Å².